The van der Waals surface area contributed by atoms with E-state index >= 15 is 0 Å². The van der Waals surface area contributed by atoms with Gasteiger partial charge in [0.1, 0.15) is 0 Å². The molecule has 4 heteroatoms. The van der Waals surface area contributed by atoms with Crippen molar-refractivity contribution >= 4 is 24.0 Å². The van der Waals surface area contributed by atoms with Crippen LogP contribution in [-0.4, -0.2) is 18.5 Å². The maximum Gasteiger partial charge on any atom is 0.228 e. The second-order valence-electron chi connectivity index (χ2n) is 4.81. The van der Waals surface area contributed by atoms with E-state index in [-0.39, 0.29) is 24.4 Å². The summed E-state index contributed by atoms with van der Waals surface area (Å²) in [6.45, 7) is 2.70. The van der Waals surface area contributed by atoms with Crippen LogP contribution in [-0.2, 0) is 11.2 Å². The highest BCUT2D eigenvalue weighted by molar-refractivity contribution is 5.94. The lowest BCUT2D eigenvalue weighted by Crippen LogP contribution is -2.35. The number of amides is 1. The molecule has 0 saturated carbocycles. The Bertz CT molecular complexity index is 407. The molecule has 1 heterocycles. The van der Waals surface area contributed by atoms with Crippen molar-refractivity contribution in [3.63, 3.8) is 0 Å². The molecule has 0 spiro atoms. The van der Waals surface area contributed by atoms with E-state index in [0.29, 0.717) is 6.42 Å². The molecule has 0 radical (unpaired) electrons. The summed E-state index contributed by atoms with van der Waals surface area (Å²) in [7, 11) is 0. The van der Waals surface area contributed by atoms with Gasteiger partial charge in [0.15, 0.2) is 0 Å². The number of nitrogens with two attached hydrogens (primary N) is 1. The molecule has 1 aliphatic rings. The van der Waals surface area contributed by atoms with Gasteiger partial charge in [-0.15, -0.1) is 12.4 Å². The fraction of sp³-hybridized carbons (Fsp3) is 0.500. The van der Waals surface area contributed by atoms with Crippen LogP contribution in [0.2, 0.25) is 0 Å². The second-order valence-corrected chi connectivity index (χ2v) is 4.81. The molecular weight excluding hydrogens is 248 g/mol. The van der Waals surface area contributed by atoms with Crippen LogP contribution in [0.5, 0.6) is 0 Å². The number of para-hydroxylation sites is 1. The molecular formula is C14H21ClN2O. The molecule has 100 valence electrons. The third-order valence-electron chi connectivity index (χ3n) is 3.16. The monoisotopic (exact) mass is 268 g/mol. The number of aryl methyl sites for hydroxylation is 1. The number of benzene rings is 1. The summed E-state index contributed by atoms with van der Waals surface area (Å²) < 4.78 is 0. The minimum atomic E-state index is -0.0714. The Morgan fingerprint density at radius 2 is 2.11 bits per heavy atom. The van der Waals surface area contributed by atoms with Gasteiger partial charge in [0, 0.05) is 24.7 Å². The first-order valence-electron chi connectivity index (χ1n) is 6.32. The maximum atomic E-state index is 12.2. The Hall–Kier alpha value is -1.06. The van der Waals surface area contributed by atoms with E-state index in [1.165, 1.54) is 5.56 Å². The van der Waals surface area contributed by atoms with Crippen molar-refractivity contribution < 1.29 is 4.79 Å². The summed E-state index contributed by atoms with van der Waals surface area (Å²) in [5, 5.41) is 0. The highest BCUT2D eigenvalue weighted by Crippen LogP contribution is 2.26. The summed E-state index contributed by atoms with van der Waals surface area (Å²) in [4.78, 5) is 14.1. The van der Waals surface area contributed by atoms with Gasteiger partial charge in [-0.2, -0.15) is 0 Å². The molecule has 1 unspecified atom stereocenters. The van der Waals surface area contributed by atoms with Gasteiger partial charge in [-0.1, -0.05) is 18.2 Å². The molecule has 2 rings (SSSR count). The topological polar surface area (TPSA) is 46.3 Å². The minimum Gasteiger partial charge on any atom is -0.327 e. The van der Waals surface area contributed by atoms with Crippen LogP contribution >= 0.6 is 12.4 Å². The number of hydrogen-bond donors (Lipinski definition) is 1. The van der Waals surface area contributed by atoms with Crippen molar-refractivity contribution in [2.24, 2.45) is 5.73 Å². The van der Waals surface area contributed by atoms with Crippen LogP contribution in [0, 0.1) is 0 Å². The van der Waals surface area contributed by atoms with Gasteiger partial charge in [0.25, 0.3) is 0 Å². The van der Waals surface area contributed by atoms with E-state index in [0.717, 1.165) is 31.5 Å². The average Bonchev–Trinajstić information content (AvgIpc) is 2.50. The molecule has 18 heavy (non-hydrogen) atoms. The summed E-state index contributed by atoms with van der Waals surface area (Å²) in [6.07, 6.45) is 3.71. The molecule has 0 aromatic heterocycles. The Balaban J connectivity index is 0.00000162. The summed E-state index contributed by atoms with van der Waals surface area (Å²) >= 11 is 0. The number of halogens is 1. The van der Waals surface area contributed by atoms with Crippen molar-refractivity contribution in [3.8, 4) is 0 Å². The van der Waals surface area contributed by atoms with Gasteiger partial charge in [-0.05, 0) is 37.8 Å². The number of rotatable bonds is 2. The van der Waals surface area contributed by atoms with Crippen LogP contribution in [0.1, 0.15) is 31.7 Å². The highest BCUT2D eigenvalue weighted by Gasteiger charge is 2.21. The Kier molecular flexibility index (Phi) is 5.63. The van der Waals surface area contributed by atoms with E-state index in [9.17, 15) is 4.79 Å². The van der Waals surface area contributed by atoms with E-state index in [1.807, 2.05) is 30.0 Å². The highest BCUT2D eigenvalue weighted by atomic mass is 35.5. The zero-order valence-electron chi connectivity index (χ0n) is 10.8. The first-order valence-corrected chi connectivity index (χ1v) is 6.32. The number of nitrogens with zero attached hydrogens (tertiary/aromatic N) is 1. The van der Waals surface area contributed by atoms with Crippen molar-refractivity contribution in [2.45, 2.75) is 38.6 Å². The largest absolute Gasteiger partial charge is 0.327 e. The second kappa shape index (κ2) is 6.76. The number of anilines is 1. The summed E-state index contributed by atoms with van der Waals surface area (Å²) in [5.74, 6) is 0.148. The quantitative estimate of drug-likeness (QED) is 0.896. The molecule has 0 bridgehead atoms. The van der Waals surface area contributed by atoms with Crippen LogP contribution in [0.15, 0.2) is 24.3 Å². The lowest BCUT2D eigenvalue weighted by Gasteiger charge is -2.23. The van der Waals surface area contributed by atoms with Gasteiger partial charge < -0.3 is 10.6 Å². The van der Waals surface area contributed by atoms with E-state index in [2.05, 4.69) is 6.07 Å². The Morgan fingerprint density at radius 1 is 1.39 bits per heavy atom. The maximum absolute atomic E-state index is 12.2. The molecule has 1 atom stereocenters. The van der Waals surface area contributed by atoms with Crippen LogP contribution in [0.25, 0.3) is 0 Å². The smallest absolute Gasteiger partial charge is 0.228 e. The number of hydrogen-bond acceptors (Lipinski definition) is 2. The molecule has 1 aromatic rings. The number of carbonyl (C=O) groups is 1. The number of fused-ring (bicyclic) bond motifs is 1. The fourth-order valence-electron chi connectivity index (χ4n) is 2.34. The van der Waals surface area contributed by atoms with Crippen molar-refractivity contribution in [2.75, 3.05) is 11.4 Å². The molecule has 1 aromatic carbocycles. The van der Waals surface area contributed by atoms with E-state index < -0.39 is 0 Å². The summed E-state index contributed by atoms with van der Waals surface area (Å²) in [6, 6.07) is 8.12. The first kappa shape index (κ1) is 15.0. The standard InChI is InChI=1S/C14H20N2O.ClH/c1-11(15)10-14(17)16-9-5-4-7-12-6-2-3-8-13(12)16;/h2-3,6,8,11H,4-5,7,9-10,15H2,1H3;1H. The molecule has 3 nitrogen and oxygen atoms in total. The molecule has 0 aliphatic carbocycles. The molecule has 1 aliphatic heterocycles. The van der Waals surface area contributed by atoms with Crippen molar-refractivity contribution in [3.05, 3.63) is 29.8 Å². The molecule has 2 N–H and O–H groups in total. The lowest BCUT2D eigenvalue weighted by molar-refractivity contribution is -0.118. The zero-order valence-corrected chi connectivity index (χ0v) is 11.6. The normalized spacial score (nSPS) is 16.2. The third-order valence-corrected chi connectivity index (χ3v) is 3.16. The van der Waals surface area contributed by atoms with Gasteiger partial charge in [0.2, 0.25) is 5.91 Å². The van der Waals surface area contributed by atoms with E-state index in [1.54, 1.807) is 0 Å². The first-order chi connectivity index (χ1) is 8.18. The van der Waals surface area contributed by atoms with Gasteiger partial charge in [-0.25, -0.2) is 0 Å². The zero-order chi connectivity index (χ0) is 12.3. The molecule has 1 amide bonds. The van der Waals surface area contributed by atoms with Crippen molar-refractivity contribution in [1.29, 1.82) is 0 Å². The van der Waals surface area contributed by atoms with Gasteiger partial charge in [-0.3, -0.25) is 4.79 Å². The summed E-state index contributed by atoms with van der Waals surface area (Å²) in [5.41, 5.74) is 8.07. The van der Waals surface area contributed by atoms with Crippen LogP contribution in [0.3, 0.4) is 0 Å². The average molecular weight is 269 g/mol. The number of carbonyl (C=O) groups excluding carboxylic acids is 1. The van der Waals surface area contributed by atoms with Crippen LogP contribution < -0.4 is 10.6 Å². The predicted octanol–water partition coefficient (Wildman–Crippen LogP) is 2.52. The predicted molar refractivity (Wildman–Crippen MR) is 77.2 cm³/mol. The Labute approximate surface area is 115 Å². The fourth-order valence-corrected chi connectivity index (χ4v) is 2.34. The Morgan fingerprint density at radius 3 is 2.83 bits per heavy atom. The van der Waals surface area contributed by atoms with Gasteiger partial charge in [0.05, 0.1) is 0 Å². The van der Waals surface area contributed by atoms with E-state index in [4.69, 9.17) is 5.73 Å². The molecule has 0 saturated heterocycles. The lowest BCUT2D eigenvalue weighted by atomic mass is 10.1. The van der Waals surface area contributed by atoms with Crippen LogP contribution in [0.4, 0.5) is 5.69 Å². The SMILES string of the molecule is CC(N)CC(=O)N1CCCCc2ccccc21.Cl. The minimum absolute atomic E-state index is 0. The van der Waals surface area contributed by atoms with Gasteiger partial charge >= 0.3 is 0 Å². The third kappa shape index (κ3) is 3.47. The molecule has 0 fully saturated rings. The van der Waals surface area contributed by atoms with Crippen molar-refractivity contribution in [1.82, 2.24) is 0 Å².